The first-order valence-corrected chi connectivity index (χ1v) is 5.92. The first-order valence-electron chi connectivity index (χ1n) is 5.92. The van der Waals surface area contributed by atoms with Crippen LogP contribution in [0.2, 0.25) is 0 Å². The minimum Gasteiger partial charge on any atom is -0.481 e. The lowest BCUT2D eigenvalue weighted by Gasteiger charge is -2.39. The van der Waals surface area contributed by atoms with Crippen LogP contribution in [0.1, 0.15) is 19.8 Å². The SMILES string of the molecule is CCC1CN(C(=O)C(N)CC(=O)O)CCN1C. The van der Waals surface area contributed by atoms with Gasteiger partial charge in [-0.2, -0.15) is 0 Å². The summed E-state index contributed by atoms with van der Waals surface area (Å²) in [6.07, 6.45) is 0.663. The number of rotatable bonds is 4. The van der Waals surface area contributed by atoms with Crippen molar-refractivity contribution in [1.82, 2.24) is 9.80 Å². The summed E-state index contributed by atoms with van der Waals surface area (Å²) in [7, 11) is 2.03. The Morgan fingerprint density at radius 2 is 2.12 bits per heavy atom. The summed E-state index contributed by atoms with van der Waals surface area (Å²) in [6, 6.07) is -0.585. The number of carboxylic acid groups (broad SMARTS) is 1. The highest BCUT2D eigenvalue weighted by Crippen LogP contribution is 2.12. The maximum Gasteiger partial charge on any atom is 0.305 e. The maximum absolute atomic E-state index is 11.9. The van der Waals surface area contributed by atoms with E-state index in [9.17, 15) is 9.59 Å². The fourth-order valence-electron chi connectivity index (χ4n) is 2.10. The molecule has 17 heavy (non-hydrogen) atoms. The number of amides is 1. The first-order chi connectivity index (χ1) is 7.95. The molecule has 98 valence electrons. The van der Waals surface area contributed by atoms with E-state index in [0.29, 0.717) is 19.1 Å². The molecule has 1 amide bonds. The number of carbonyl (C=O) groups excluding carboxylic acids is 1. The zero-order chi connectivity index (χ0) is 13.0. The fourth-order valence-corrected chi connectivity index (χ4v) is 2.10. The monoisotopic (exact) mass is 243 g/mol. The molecular weight excluding hydrogens is 222 g/mol. The van der Waals surface area contributed by atoms with Crippen LogP contribution in [0.5, 0.6) is 0 Å². The van der Waals surface area contributed by atoms with Crippen LogP contribution in [0.15, 0.2) is 0 Å². The highest BCUT2D eigenvalue weighted by Gasteiger charge is 2.29. The molecule has 2 unspecified atom stereocenters. The third kappa shape index (κ3) is 3.67. The van der Waals surface area contributed by atoms with E-state index in [4.69, 9.17) is 10.8 Å². The molecule has 0 spiro atoms. The standard InChI is InChI=1S/C11H21N3O3/c1-3-8-7-14(5-4-13(8)2)11(17)9(12)6-10(15)16/h8-9H,3-7,12H2,1-2H3,(H,15,16). The molecule has 0 aromatic heterocycles. The van der Waals surface area contributed by atoms with E-state index in [1.165, 1.54) is 0 Å². The Balaban J connectivity index is 2.55. The average molecular weight is 243 g/mol. The zero-order valence-electron chi connectivity index (χ0n) is 10.4. The lowest BCUT2D eigenvalue weighted by Crippen LogP contribution is -2.56. The summed E-state index contributed by atoms with van der Waals surface area (Å²) in [4.78, 5) is 26.3. The van der Waals surface area contributed by atoms with Gasteiger partial charge in [0.2, 0.25) is 5.91 Å². The Hall–Kier alpha value is -1.14. The Morgan fingerprint density at radius 1 is 1.47 bits per heavy atom. The maximum atomic E-state index is 11.9. The number of nitrogens with two attached hydrogens (primary N) is 1. The van der Waals surface area contributed by atoms with Gasteiger partial charge in [-0.05, 0) is 13.5 Å². The molecule has 6 nitrogen and oxygen atoms in total. The second kappa shape index (κ2) is 5.97. The van der Waals surface area contributed by atoms with Gasteiger partial charge in [-0.25, -0.2) is 0 Å². The number of carbonyl (C=O) groups is 2. The van der Waals surface area contributed by atoms with Crippen molar-refractivity contribution < 1.29 is 14.7 Å². The van der Waals surface area contributed by atoms with E-state index in [1.54, 1.807) is 4.90 Å². The summed E-state index contributed by atoms with van der Waals surface area (Å²) in [5.74, 6) is -1.29. The molecule has 1 aliphatic rings. The van der Waals surface area contributed by atoms with E-state index in [2.05, 4.69) is 11.8 Å². The van der Waals surface area contributed by atoms with E-state index >= 15 is 0 Å². The first kappa shape index (κ1) is 13.9. The molecule has 1 rings (SSSR count). The predicted molar refractivity (Wildman–Crippen MR) is 63.5 cm³/mol. The van der Waals surface area contributed by atoms with Crippen LogP contribution >= 0.6 is 0 Å². The predicted octanol–water partition coefficient (Wildman–Crippen LogP) is -0.659. The number of nitrogens with zero attached hydrogens (tertiary/aromatic N) is 2. The molecule has 1 fully saturated rings. The molecule has 0 bridgehead atoms. The molecular formula is C11H21N3O3. The number of likely N-dealkylation sites (N-methyl/N-ethyl adjacent to an activating group) is 1. The molecule has 0 saturated carbocycles. The van der Waals surface area contributed by atoms with Crippen molar-refractivity contribution in [3.63, 3.8) is 0 Å². The quantitative estimate of drug-likeness (QED) is 0.684. The molecule has 6 heteroatoms. The number of hydrogen-bond acceptors (Lipinski definition) is 4. The van der Waals surface area contributed by atoms with Gasteiger partial charge in [0, 0.05) is 25.7 Å². The molecule has 1 saturated heterocycles. The average Bonchev–Trinajstić information content (AvgIpc) is 2.27. The lowest BCUT2D eigenvalue weighted by atomic mass is 10.1. The molecule has 1 aliphatic heterocycles. The van der Waals surface area contributed by atoms with Gasteiger partial charge in [0.25, 0.3) is 0 Å². The summed E-state index contributed by atoms with van der Waals surface area (Å²) >= 11 is 0. The van der Waals surface area contributed by atoms with Crippen molar-refractivity contribution in [2.75, 3.05) is 26.7 Å². The lowest BCUT2D eigenvalue weighted by molar-refractivity contribution is -0.143. The second-order valence-corrected chi connectivity index (χ2v) is 4.53. The second-order valence-electron chi connectivity index (χ2n) is 4.53. The van der Waals surface area contributed by atoms with Gasteiger partial charge in [-0.3, -0.25) is 14.5 Å². The Morgan fingerprint density at radius 3 is 2.65 bits per heavy atom. The Labute approximate surface area is 101 Å². The van der Waals surface area contributed by atoms with Crippen LogP contribution in [0.3, 0.4) is 0 Å². The van der Waals surface area contributed by atoms with Crippen molar-refractivity contribution in [1.29, 1.82) is 0 Å². The number of hydrogen-bond donors (Lipinski definition) is 2. The third-order valence-corrected chi connectivity index (χ3v) is 3.27. The molecule has 1 heterocycles. The third-order valence-electron chi connectivity index (χ3n) is 3.27. The Bertz CT molecular complexity index is 296. The molecule has 0 radical (unpaired) electrons. The summed E-state index contributed by atoms with van der Waals surface area (Å²) < 4.78 is 0. The van der Waals surface area contributed by atoms with E-state index < -0.39 is 12.0 Å². The van der Waals surface area contributed by atoms with Crippen molar-refractivity contribution in [3.8, 4) is 0 Å². The molecule has 2 atom stereocenters. The van der Waals surface area contributed by atoms with Crippen molar-refractivity contribution in [2.24, 2.45) is 5.73 Å². The fraction of sp³-hybridized carbons (Fsp3) is 0.818. The van der Waals surface area contributed by atoms with E-state index in [0.717, 1.165) is 13.0 Å². The topological polar surface area (TPSA) is 86.9 Å². The zero-order valence-corrected chi connectivity index (χ0v) is 10.4. The highest BCUT2D eigenvalue weighted by molar-refractivity contribution is 5.86. The van der Waals surface area contributed by atoms with Gasteiger partial charge in [0.1, 0.15) is 0 Å². The van der Waals surface area contributed by atoms with Crippen LogP contribution < -0.4 is 5.73 Å². The van der Waals surface area contributed by atoms with Crippen molar-refractivity contribution in [2.45, 2.75) is 31.8 Å². The van der Waals surface area contributed by atoms with Gasteiger partial charge in [0.05, 0.1) is 12.5 Å². The molecule has 0 aliphatic carbocycles. The summed E-state index contributed by atoms with van der Waals surface area (Å²) in [6.45, 7) is 4.15. The summed E-state index contributed by atoms with van der Waals surface area (Å²) in [5, 5.41) is 8.61. The van der Waals surface area contributed by atoms with Crippen molar-refractivity contribution in [3.05, 3.63) is 0 Å². The van der Waals surface area contributed by atoms with Gasteiger partial charge >= 0.3 is 5.97 Å². The molecule has 0 aromatic carbocycles. The van der Waals surface area contributed by atoms with Gasteiger partial charge < -0.3 is 15.7 Å². The minimum atomic E-state index is -1.04. The van der Waals surface area contributed by atoms with Crippen LogP contribution in [0.25, 0.3) is 0 Å². The van der Waals surface area contributed by atoms with Crippen molar-refractivity contribution >= 4 is 11.9 Å². The number of piperazine rings is 1. The van der Waals surface area contributed by atoms with Crippen LogP contribution in [-0.4, -0.2) is 65.5 Å². The highest BCUT2D eigenvalue weighted by atomic mass is 16.4. The normalized spacial score (nSPS) is 23.5. The van der Waals surface area contributed by atoms with Gasteiger partial charge in [-0.1, -0.05) is 6.92 Å². The Kier molecular flexibility index (Phi) is 4.89. The van der Waals surface area contributed by atoms with E-state index in [-0.39, 0.29) is 12.3 Å². The molecule has 0 aromatic rings. The summed E-state index contributed by atoms with van der Waals surface area (Å²) in [5.41, 5.74) is 5.58. The van der Waals surface area contributed by atoms with Crippen LogP contribution in [0, 0.1) is 0 Å². The smallest absolute Gasteiger partial charge is 0.305 e. The van der Waals surface area contributed by atoms with Gasteiger partial charge in [-0.15, -0.1) is 0 Å². The van der Waals surface area contributed by atoms with Gasteiger partial charge in [0.15, 0.2) is 0 Å². The largest absolute Gasteiger partial charge is 0.481 e. The number of carboxylic acids is 1. The number of aliphatic carboxylic acids is 1. The van der Waals surface area contributed by atoms with Crippen LogP contribution in [0.4, 0.5) is 0 Å². The minimum absolute atomic E-state index is 0.251. The molecule has 3 N–H and O–H groups in total. The van der Waals surface area contributed by atoms with Crippen LogP contribution in [-0.2, 0) is 9.59 Å². The van der Waals surface area contributed by atoms with E-state index in [1.807, 2.05) is 7.05 Å².